The van der Waals surface area contributed by atoms with E-state index in [1.807, 2.05) is 0 Å². The number of piperidine rings is 1. The van der Waals surface area contributed by atoms with Crippen LogP contribution in [-0.2, 0) is 0 Å². The zero-order valence-corrected chi connectivity index (χ0v) is 12.6. The van der Waals surface area contributed by atoms with Crippen molar-refractivity contribution in [3.8, 4) is 5.75 Å². The summed E-state index contributed by atoms with van der Waals surface area (Å²) >= 11 is 3.43. The summed E-state index contributed by atoms with van der Waals surface area (Å²) in [5, 5.41) is 11.3. The number of nitrogens with zero attached hydrogens (tertiary/aromatic N) is 2. The van der Waals surface area contributed by atoms with Crippen molar-refractivity contribution >= 4 is 27.3 Å². The largest absolute Gasteiger partial charge is 0.496 e. The topological polar surface area (TPSA) is 55.6 Å². The number of halogens is 1. The summed E-state index contributed by atoms with van der Waals surface area (Å²) in [5.41, 5.74) is 0.762. The van der Waals surface area contributed by atoms with E-state index in [1.165, 1.54) is 13.2 Å². The van der Waals surface area contributed by atoms with Gasteiger partial charge in [-0.1, -0.05) is 6.92 Å². The third-order valence-electron chi connectivity index (χ3n) is 3.55. The lowest BCUT2D eigenvalue weighted by Gasteiger charge is -2.32. The maximum atomic E-state index is 11.3. The van der Waals surface area contributed by atoms with Crippen LogP contribution in [0.15, 0.2) is 16.6 Å². The van der Waals surface area contributed by atoms with Gasteiger partial charge >= 0.3 is 0 Å². The minimum Gasteiger partial charge on any atom is -0.496 e. The van der Waals surface area contributed by atoms with Crippen LogP contribution in [0.25, 0.3) is 0 Å². The van der Waals surface area contributed by atoms with Crippen LogP contribution in [0.4, 0.5) is 11.4 Å². The molecular weight excluding hydrogens is 312 g/mol. The van der Waals surface area contributed by atoms with E-state index < -0.39 is 0 Å². The molecule has 0 atom stereocenters. The van der Waals surface area contributed by atoms with Crippen molar-refractivity contribution in [2.45, 2.75) is 19.8 Å². The molecule has 5 nitrogen and oxygen atoms in total. The van der Waals surface area contributed by atoms with E-state index in [-0.39, 0.29) is 10.6 Å². The Labute approximate surface area is 120 Å². The maximum Gasteiger partial charge on any atom is 0.297 e. The fourth-order valence-corrected chi connectivity index (χ4v) is 3.04. The first-order valence-electron chi connectivity index (χ1n) is 6.29. The number of benzene rings is 1. The van der Waals surface area contributed by atoms with Crippen molar-refractivity contribution in [2.24, 2.45) is 5.92 Å². The van der Waals surface area contributed by atoms with E-state index in [2.05, 4.69) is 27.8 Å². The molecule has 1 saturated heterocycles. The Morgan fingerprint density at radius 2 is 2.05 bits per heavy atom. The first kappa shape index (κ1) is 14.1. The third kappa shape index (κ3) is 3.00. The first-order chi connectivity index (χ1) is 9.02. The van der Waals surface area contributed by atoms with E-state index in [1.54, 1.807) is 6.07 Å². The number of methoxy groups -OCH3 is 1. The standard InChI is InChI=1S/C13H17BrN2O3/c1-9-3-5-15(6-4-9)13-11(14)7-10(19-2)8-12(13)16(17)18/h7-9H,3-6H2,1-2H3. The molecule has 0 N–H and O–H groups in total. The number of hydrogen-bond donors (Lipinski definition) is 0. The number of nitro groups is 1. The average molecular weight is 329 g/mol. The fraction of sp³-hybridized carbons (Fsp3) is 0.538. The van der Waals surface area contributed by atoms with Gasteiger partial charge in [-0.05, 0) is 40.8 Å². The van der Waals surface area contributed by atoms with Crippen LogP contribution in [0.3, 0.4) is 0 Å². The van der Waals surface area contributed by atoms with Crippen LogP contribution >= 0.6 is 15.9 Å². The van der Waals surface area contributed by atoms with E-state index in [9.17, 15) is 10.1 Å². The van der Waals surface area contributed by atoms with E-state index in [4.69, 9.17) is 4.74 Å². The molecule has 1 aromatic rings. The molecule has 1 fully saturated rings. The summed E-state index contributed by atoms with van der Waals surface area (Å²) in [6.07, 6.45) is 2.13. The molecule has 0 saturated carbocycles. The van der Waals surface area contributed by atoms with E-state index >= 15 is 0 Å². The van der Waals surface area contributed by atoms with Crippen molar-refractivity contribution in [1.82, 2.24) is 0 Å². The van der Waals surface area contributed by atoms with Crippen LogP contribution in [0.5, 0.6) is 5.75 Å². The van der Waals surface area contributed by atoms with Crippen molar-refractivity contribution in [3.05, 3.63) is 26.7 Å². The smallest absolute Gasteiger partial charge is 0.297 e. The molecular formula is C13H17BrN2O3. The van der Waals surface area contributed by atoms with Crippen molar-refractivity contribution < 1.29 is 9.66 Å². The van der Waals surface area contributed by atoms with Gasteiger partial charge in [0.05, 0.1) is 22.6 Å². The molecule has 0 radical (unpaired) electrons. The molecule has 0 aromatic heterocycles. The lowest BCUT2D eigenvalue weighted by atomic mass is 9.98. The number of nitro benzene ring substituents is 1. The molecule has 19 heavy (non-hydrogen) atoms. The Morgan fingerprint density at radius 1 is 1.42 bits per heavy atom. The normalized spacial score (nSPS) is 16.5. The van der Waals surface area contributed by atoms with E-state index in [0.29, 0.717) is 21.8 Å². The summed E-state index contributed by atoms with van der Waals surface area (Å²) in [4.78, 5) is 13.0. The number of hydrogen-bond acceptors (Lipinski definition) is 4. The Balaban J connectivity index is 2.40. The molecule has 1 aliphatic rings. The number of rotatable bonds is 3. The van der Waals surface area contributed by atoms with Crippen LogP contribution in [-0.4, -0.2) is 25.1 Å². The molecule has 0 unspecified atom stereocenters. The summed E-state index contributed by atoms with van der Waals surface area (Å²) in [5.74, 6) is 1.18. The quantitative estimate of drug-likeness (QED) is 0.628. The maximum absolute atomic E-state index is 11.3. The Morgan fingerprint density at radius 3 is 2.58 bits per heavy atom. The Kier molecular flexibility index (Phi) is 4.29. The minimum absolute atomic E-state index is 0.0979. The Hall–Kier alpha value is -1.30. The molecule has 2 rings (SSSR count). The number of ether oxygens (including phenoxy) is 1. The number of anilines is 1. The second kappa shape index (κ2) is 5.77. The monoisotopic (exact) mass is 328 g/mol. The predicted molar refractivity (Wildman–Crippen MR) is 78.0 cm³/mol. The molecule has 0 amide bonds. The molecule has 1 aromatic carbocycles. The Bertz CT molecular complexity index is 485. The van der Waals surface area contributed by atoms with Gasteiger partial charge in [-0.15, -0.1) is 0 Å². The highest BCUT2D eigenvalue weighted by atomic mass is 79.9. The molecule has 0 aliphatic carbocycles. The zero-order valence-electron chi connectivity index (χ0n) is 11.1. The van der Waals surface area contributed by atoms with Gasteiger partial charge in [0.15, 0.2) is 0 Å². The van der Waals surface area contributed by atoms with Gasteiger partial charge < -0.3 is 9.64 Å². The SMILES string of the molecule is COc1cc(Br)c(N2CCC(C)CC2)c([N+](=O)[O-])c1. The zero-order chi connectivity index (χ0) is 14.0. The predicted octanol–water partition coefficient (Wildman–Crippen LogP) is 3.60. The van der Waals surface area contributed by atoms with Crippen LogP contribution in [0.2, 0.25) is 0 Å². The second-order valence-electron chi connectivity index (χ2n) is 4.90. The van der Waals surface area contributed by atoms with Crippen molar-refractivity contribution in [3.63, 3.8) is 0 Å². The van der Waals surface area contributed by atoms with Gasteiger partial charge in [-0.25, -0.2) is 0 Å². The van der Waals surface area contributed by atoms with Gasteiger partial charge in [0, 0.05) is 13.1 Å². The van der Waals surface area contributed by atoms with Gasteiger partial charge in [0.1, 0.15) is 11.4 Å². The van der Waals surface area contributed by atoms with Gasteiger partial charge in [0.2, 0.25) is 0 Å². The molecule has 0 bridgehead atoms. The highest BCUT2D eigenvalue weighted by Gasteiger charge is 2.26. The van der Waals surface area contributed by atoms with Crippen molar-refractivity contribution in [2.75, 3.05) is 25.1 Å². The molecule has 6 heteroatoms. The molecule has 0 spiro atoms. The average Bonchev–Trinajstić information content (AvgIpc) is 2.39. The van der Waals surface area contributed by atoms with E-state index in [0.717, 1.165) is 25.9 Å². The molecule has 104 valence electrons. The third-order valence-corrected chi connectivity index (χ3v) is 4.15. The summed E-state index contributed by atoms with van der Waals surface area (Å²) in [6, 6.07) is 3.26. The summed E-state index contributed by atoms with van der Waals surface area (Å²) in [7, 11) is 1.51. The highest BCUT2D eigenvalue weighted by molar-refractivity contribution is 9.10. The molecule has 1 heterocycles. The minimum atomic E-state index is -0.347. The summed E-state index contributed by atoms with van der Waals surface area (Å²) in [6.45, 7) is 3.93. The van der Waals surface area contributed by atoms with Crippen LogP contribution < -0.4 is 9.64 Å². The lowest BCUT2D eigenvalue weighted by Crippen LogP contribution is -2.33. The second-order valence-corrected chi connectivity index (χ2v) is 5.76. The lowest BCUT2D eigenvalue weighted by molar-refractivity contribution is -0.384. The van der Waals surface area contributed by atoms with Crippen LogP contribution in [0.1, 0.15) is 19.8 Å². The van der Waals surface area contributed by atoms with Crippen LogP contribution in [0, 0.1) is 16.0 Å². The summed E-state index contributed by atoms with van der Waals surface area (Å²) < 4.78 is 5.81. The van der Waals surface area contributed by atoms with Gasteiger partial charge in [-0.2, -0.15) is 0 Å². The van der Waals surface area contributed by atoms with Gasteiger partial charge in [-0.3, -0.25) is 10.1 Å². The fourth-order valence-electron chi connectivity index (χ4n) is 2.36. The van der Waals surface area contributed by atoms with Crippen molar-refractivity contribution in [1.29, 1.82) is 0 Å². The highest BCUT2D eigenvalue weighted by Crippen LogP contribution is 2.40. The van der Waals surface area contributed by atoms with Gasteiger partial charge in [0.25, 0.3) is 5.69 Å². The first-order valence-corrected chi connectivity index (χ1v) is 7.09. The molecule has 1 aliphatic heterocycles.